The fraction of sp³-hybridized carbons (Fsp3) is 0.304. The molecule has 0 saturated carbocycles. The van der Waals surface area contributed by atoms with Crippen molar-refractivity contribution in [1.82, 2.24) is 8.87 Å². The van der Waals surface area contributed by atoms with Crippen LogP contribution in [0.25, 0.3) is 10.2 Å². The van der Waals surface area contributed by atoms with Crippen LogP contribution in [0, 0.1) is 32.8 Å². The number of nitro groups is 1. The number of aromatic nitrogens is 1. The number of hydrogen-bond donors (Lipinski definition) is 0. The molecule has 0 spiro atoms. The van der Waals surface area contributed by atoms with Gasteiger partial charge in [0.2, 0.25) is 10.0 Å². The van der Waals surface area contributed by atoms with E-state index in [0.29, 0.717) is 16.0 Å². The van der Waals surface area contributed by atoms with E-state index < -0.39 is 20.9 Å². The summed E-state index contributed by atoms with van der Waals surface area (Å²) < 4.78 is 29.4. The predicted molar refractivity (Wildman–Crippen MR) is 132 cm³/mol. The number of nitrogens with zero attached hydrogens (tertiary/aromatic N) is 6. The van der Waals surface area contributed by atoms with E-state index in [1.165, 1.54) is 36.4 Å². The molecular weight excluding hydrogens is 504 g/mol. The minimum atomic E-state index is -3.96. The lowest BCUT2D eigenvalue weighted by molar-refractivity contribution is -0.384. The molecule has 0 bridgehead atoms. The van der Waals surface area contributed by atoms with E-state index in [4.69, 9.17) is 10.5 Å². The SMILES string of the molecule is CCCn1c(=NC(=O)c2ccc(S(=O)(=O)N(CCC#N)CCC#N)cc2)sc2cc([N+](=O)[O-])ccc21. The molecule has 3 aromatic rings. The molecule has 36 heavy (non-hydrogen) atoms. The molecular formula is C23H22N6O5S2. The van der Waals surface area contributed by atoms with Crippen LogP contribution in [0.1, 0.15) is 36.5 Å². The lowest BCUT2D eigenvalue weighted by Crippen LogP contribution is -2.32. The second kappa shape index (κ2) is 11.7. The average Bonchev–Trinajstić information content (AvgIpc) is 3.20. The maximum absolute atomic E-state index is 13.0. The van der Waals surface area contributed by atoms with Gasteiger partial charge in [0.1, 0.15) is 0 Å². The number of rotatable bonds is 10. The van der Waals surface area contributed by atoms with Gasteiger partial charge in [0.05, 0.1) is 32.2 Å². The number of non-ortho nitro benzene ring substituents is 1. The third-order valence-corrected chi connectivity index (χ3v) is 8.16. The van der Waals surface area contributed by atoms with Gasteiger partial charge in [0.15, 0.2) is 4.80 Å². The van der Waals surface area contributed by atoms with Crippen LogP contribution in [0.15, 0.2) is 52.4 Å². The predicted octanol–water partition coefficient (Wildman–Crippen LogP) is 3.58. The van der Waals surface area contributed by atoms with Crippen molar-refractivity contribution in [2.75, 3.05) is 13.1 Å². The lowest BCUT2D eigenvalue weighted by atomic mass is 10.2. The topological polar surface area (TPSA) is 162 Å². The number of fused-ring (bicyclic) bond motifs is 1. The summed E-state index contributed by atoms with van der Waals surface area (Å²) in [4.78, 5) is 28.0. The van der Waals surface area contributed by atoms with Gasteiger partial charge in [-0.05, 0) is 36.8 Å². The van der Waals surface area contributed by atoms with Crippen molar-refractivity contribution in [3.63, 3.8) is 0 Å². The highest BCUT2D eigenvalue weighted by Crippen LogP contribution is 2.24. The second-order valence-electron chi connectivity index (χ2n) is 7.61. The summed E-state index contributed by atoms with van der Waals surface area (Å²) in [6, 6.07) is 13.6. The van der Waals surface area contributed by atoms with E-state index >= 15 is 0 Å². The molecule has 1 aromatic heterocycles. The first-order valence-electron chi connectivity index (χ1n) is 10.9. The molecule has 0 saturated heterocycles. The first-order valence-corrected chi connectivity index (χ1v) is 13.2. The number of aryl methyl sites for hydroxylation is 1. The average molecular weight is 527 g/mol. The highest BCUT2D eigenvalue weighted by atomic mass is 32.2. The Labute approximate surface area is 211 Å². The number of hydrogen-bond acceptors (Lipinski definition) is 8. The monoisotopic (exact) mass is 526 g/mol. The molecule has 0 N–H and O–H groups in total. The largest absolute Gasteiger partial charge is 0.316 e. The van der Waals surface area contributed by atoms with Gasteiger partial charge in [-0.2, -0.15) is 19.8 Å². The summed E-state index contributed by atoms with van der Waals surface area (Å²) in [6.07, 6.45) is 0.719. The Morgan fingerprint density at radius 1 is 1.14 bits per heavy atom. The molecule has 0 aliphatic carbocycles. The fourth-order valence-corrected chi connectivity index (χ4v) is 6.00. The van der Waals surface area contributed by atoms with Crippen LogP contribution in [0.3, 0.4) is 0 Å². The molecule has 0 unspecified atom stereocenters. The number of thiazole rings is 1. The number of nitriles is 2. The Kier molecular flexibility index (Phi) is 8.66. The third kappa shape index (κ3) is 5.83. The normalized spacial score (nSPS) is 11.9. The maximum Gasteiger partial charge on any atom is 0.279 e. The van der Waals surface area contributed by atoms with Gasteiger partial charge in [-0.15, -0.1) is 0 Å². The number of nitro benzene ring substituents is 1. The molecule has 13 heteroatoms. The fourth-order valence-electron chi connectivity index (χ4n) is 3.47. The van der Waals surface area contributed by atoms with Crippen LogP contribution in [0.5, 0.6) is 0 Å². The van der Waals surface area contributed by atoms with Crippen LogP contribution in [-0.4, -0.2) is 41.2 Å². The van der Waals surface area contributed by atoms with E-state index in [0.717, 1.165) is 27.6 Å². The van der Waals surface area contributed by atoms with Crippen molar-refractivity contribution in [1.29, 1.82) is 10.5 Å². The summed E-state index contributed by atoms with van der Waals surface area (Å²) in [7, 11) is -3.96. The Bertz CT molecular complexity index is 1520. The Balaban J connectivity index is 1.95. The zero-order valence-electron chi connectivity index (χ0n) is 19.3. The first kappa shape index (κ1) is 26.7. The van der Waals surface area contributed by atoms with E-state index in [9.17, 15) is 23.3 Å². The summed E-state index contributed by atoms with van der Waals surface area (Å²) in [5, 5.41) is 28.8. The third-order valence-electron chi connectivity index (χ3n) is 5.21. The zero-order valence-corrected chi connectivity index (χ0v) is 21.0. The number of sulfonamides is 1. The molecule has 3 rings (SSSR count). The minimum absolute atomic E-state index is 0.0177. The molecule has 1 amide bonds. The molecule has 2 aromatic carbocycles. The Morgan fingerprint density at radius 2 is 1.78 bits per heavy atom. The van der Waals surface area contributed by atoms with E-state index in [2.05, 4.69) is 4.99 Å². The van der Waals surface area contributed by atoms with Gasteiger partial charge in [0.25, 0.3) is 11.6 Å². The summed E-state index contributed by atoms with van der Waals surface area (Å²) in [5.41, 5.74) is 0.844. The molecule has 1 heterocycles. The first-order chi connectivity index (χ1) is 17.2. The Morgan fingerprint density at radius 3 is 2.33 bits per heavy atom. The van der Waals surface area contributed by atoms with Gasteiger partial charge in [-0.25, -0.2) is 8.42 Å². The molecule has 0 atom stereocenters. The molecule has 0 radical (unpaired) electrons. The van der Waals surface area contributed by atoms with Gasteiger partial charge >= 0.3 is 0 Å². The summed E-state index contributed by atoms with van der Waals surface area (Å²) >= 11 is 1.16. The van der Waals surface area contributed by atoms with Crippen LogP contribution in [-0.2, 0) is 16.6 Å². The lowest BCUT2D eigenvalue weighted by Gasteiger charge is -2.20. The quantitative estimate of drug-likeness (QED) is 0.288. The van der Waals surface area contributed by atoms with Gasteiger partial charge in [0, 0.05) is 50.2 Å². The minimum Gasteiger partial charge on any atom is -0.316 e. The number of amides is 1. The van der Waals surface area contributed by atoms with E-state index in [1.54, 1.807) is 6.07 Å². The van der Waals surface area contributed by atoms with Crippen molar-refractivity contribution >= 4 is 43.2 Å². The molecule has 0 aliphatic heterocycles. The number of benzene rings is 2. The van der Waals surface area contributed by atoms with Crippen LogP contribution < -0.4 is 4.80 Å². The zero-order chi connectivity index (χ0) is 26.3. The number of carbonyl (C=O) groups excluding carboxylic acids is 1. The number of carbonyl (C=O) groups is 1. The smallest absolute Gasteiger partial charge is 0.279 e. The molecule has 0 aliphatic rings. The maximum atomic E-state index is 13.0. The van der Waals surface area contributed by atoms with Crippen molar-refractivity contribution in [2.24, 2.45) is 4.99 Å². The van der Waals surface area contributed by atoms with Crippen LogP contribution in [0.2, 0.25) is 0 Å². The van der Waals surface area contributed by atoms with Crippen molar-refractivity contribution in [3.05, 3.63) is 62.9 Å². The molecule has 186 valence electrons. The van der Waals surface area contributed by atoms with Crippen LogP contribution in [0.4, 0.5) is 5.69 Å². The van der Waals surface area contributed by atoms with Crippen molar-refractivity contribution < 1.29 is 18.1 Å². The Hall–Kier alpha value is -3.91. The van der Waals surface area contributed by atoms with Crippen LogP contribution >= 0.6 is 11.3 Å². The van der Waals surface area contributed by atoms with E-state index in [1.807, 2.05) is 23.6 Å². The summed E-state index contributed by atoms with van der Waals surface area (Å²) in [6.45, 7) is 2.43. The van der Waals surface area contributed by atoms with Gasteiger partial charge in [-0.3, -0.25) is 14.9 Å². The standard InChI is InChI=1S/C23H22N6O5S2/c1-2-13-28-20-10-7-18(29(31)32)16-21(20)35-23(28)26-22(30)17-5-8-19(9-6-17)36(33,34)27(14-3-11-24)15-4-12-25/h5-10,16H,2-4,13-15H2,1H3. The van der Waals surface area contributed by atoms with Crippen molar-refractivity contribution in [2.45, 2.75) is 37.6 Å². The second-order valence-corrected chi connectivity index (χ2v) is 10.6. The van der Waals surface area contributed by atoms with E-state index in [-0.39, 0.29) is 42.1 Å². The van der Waals surface area contributed by atoms with Gasteiger partial charge in [-0.1, -0.05) is 18.3 Å². The molecule has 11 nitrogen and oxygen atoms in total. The van der Waals surface area contributed by atoms with Gasteiger partial charge < -0.3 is 4.57 Å². The van der Waals surface area contributed by atoms with Crippen molar-refractivity contribution in [3.8, 4) is 12.1 Å². The highest BCUT2D eigenvalue weighted by molar-refractivity contribution is 7.89. The molecule has 0 fully saturated rings. The summed E-state index contributed by atoms with van der Waals surface area (Å²) in [5.74, 6) is -0.587. The highest BCUT2D eigenvalue weighted by Gasteiger charge is 2.24.